The number of thiophene rings is 1. The zero-order valence-corrected chi connectivity index (χ0v) is 9.02. The molecular formula is C9H8O3S2. The van der Waals surface area contributed by atoms with Crippen LogP contribution in [-0.2, 0) is 10.1 Å². The first-order chi connectivity index (χ1) is 6.48. The lowest BCUT2D eigenvalue weighted by molar-refractivity contribution is 0.484. The molecule has 5 heteroatoms. The van der Waals surface area contributed by atoms with E-state index in [4.69, 9.17) is 4.55 Å². The lowest BCUT2D eigenvalue weighted by Crippen LogP contribution is -1.98. The molecule has 1 aromatic heterocycles. The Morgan fingerprint density at radius 2 is 2.00 bits per heavy atom. The normalized spacial score (nSPS) is 12.1. The predicted octanol–water partition coefficient (Wildman–Crippen LogP) is 2.46. The first kappa shape index (κ1) is 9.64. The van der Waals surface area contributed by atoms with E-state index in [1.807, 2.05) is 11.4 Å². The smallest absolute Gasteiger partial charge is 0.282 e. The highest BCUT2D eigenvalue weighted by molar-refractivity contribution is 7.86. The highest BCUT2D eigenvalue weighted by Gasteiger charge is 2.14. The van der Waals surface area contributed by atoms with Crippen LogP contribution in [-0.4, -0.2) is 13.0 Å². The maximum atomic E-state index is 11.1. The fourth-order valence-corrected chi connectivity index (χ4v) is 3.08. The van der Waals surface area contributed by atoms with Gasteiger partial charge in [0.1, 0.15) is 4.90 Å². The lowest BCUT2D eigenvalue weighted by atomic mass is 10.1. The van der Waals surface area contributed by atoms with Crippen LogP contribution in [0, 0.1) is 6.92 Å². The summed E-state index contributed by atoms with van der Waals surface area (Å²) in [5, 5.41) is 5.01. The van der Waals surface area contributed by atoms with Crippen LogP contribution in [0.5, 0.6) is 0 Å². The van der Waals surface area contributed by atoms with Gasteiger partial charge in [-0.05, 0) is 34.7 Å². The third kappa shape index (κ3) is 1.54. The van der Waals surface area contributed by atoms with Gasteiger partial charge in [-0.2, -0.15) is 19.8 Å². The van der Waals surface area contributed by atoms with Gasteiger partial charge in [-0.25, -0.2) is 0 Å². The van der Waals surface area contributed by atoms with Gasteiger partial charge in [0.2, 0.25) is 0 Å². The molecule has 0 radical (unpaired) electrons. The van der Waals surface area contributed by atoms with Crippen molar-refractivity contribution in [3.05, 3.63) is 28.5 Å². The molecule has 0 aliphatic heterocycles. The Balaban J connectivity index is 2.94. The van der Waals surface area contributed by atoms with E-state index in [9.17, 15) is 8.42 Å². The molecule has 1 aromatic carbocycles. The minimum Gasteiger partial charge on any atom is -0.282 e. The van der Waals surface area contributed by atoms with Crippen molar-refractivity contribution in [1.29, 1.82) is 0 Å². The van der Waals surface area contributed by atoms with E-state index in [1.165, 1.54) is 17.4 Å². The molecule has 0 fully saturated rings. The standard InChI is InChI=1S/C9H8O3S2/c1-6-2-7-4-13-5-8(7)9(3-6)14(10,11)12/h2-5H,1H3,(H,10,11,12). The van der Waals surface area contributed by atoms with Crippen molar-refractivity contribution in [2.75, 3.05) is 0 Å². The number of rotatable bonds is 1. The summed E-state index contributed by atoms with van der Waals surface area (Å²) in [4.78, 5) is -0.00579. The fourth-order valence-electron chi connectivity index (χ4n) is 1.40. The van der Waals surface area contributed by atoms with Gasteiger partial charge in [0.15, 0.2) is 0 Å². The van der Waals surface area contributed by atoms with Gasteiger partial charge in [0, 0.05) is 5.39 Å². The van der Waals surface area contributed by atoms with Crippen LogP contribution in [0.3, 0.4) is 0 Å². The Labute approximate surface area is 85.7 Å². The van der Waals surface area contributed by atoms with E-state index < -0.39 is 10.1 Å². The molecule has 0 saturated carbocycles. The molecule has 0 amide bonds. The molecule has 0 aliphatic carbocycles. The molecule has 0 bridgehead atoms. The Hall–Kier alpha value is -0.910. The van der Waals surface area contributed by atoms with Crippen LogP contribution >= 0.6 is 11.3 Å². The second-order valence-corrected chi connectivity index (χ2v) is 5.25. The molecular weight excluding hydrogens is 220 g/mol. The quantitative estimate of drug-likeness (QED) is 0.763. The van der Waals surface area contributed by atoms with E-state index in [0.29, 0.717) is 5.39 Å². The molecule has 1 heterocycles. The van der Waals surface area contributed by atoms with Crippen LogP contribution in [0.2, 0.25) is 0 Å². The molecule has 14 heavy (non-hydrogen) atoms. The molecule has 0 unspecified atom stereocenters. The van der Waals surface area contributed by atoms with Crippen molar-refractivity contribution in [3.63, 3.8) is 0 Å². The number of aryl methyl sites for hydroxylation is 1. The molecule has 2 aromatic rings. The highest BCUT2D eigenvalue weighted by atomic mass is 32.2. The largest absolute Gasteiger partial charge is 0.295 e. The summed E-state index contributed by atoms with van der Waals surface area (Å²) in [5.41, 5.74) is 0.823. The minimum atomic E-state index is -4.12. The Bertz CT molecular complexity index is 581. The zero-order chi connectivity index (χ0) is 10.3. The van der Waals surface area contributed by atoms with E-state index >= 15 is 0 Å². The van der Waals surface area contributed by atoms with Gasteiger partial charge in [-0.15, -0.1) is 0 Å². The molecule has 1 N–H and O–H groups in total. The molecule has 0 atom stereocenters. The lowest BCUT2D eigenvalue weighted by Gasteiger charge is -2.01. The van der Waals surface area contributed by atoms with Crippen LogP contribution in [0.25, 0.3) is 10.8 Å². The number of hydrogen-bond acceptors (Lipinski definition) is 3. The predicted molar refractivity (Wildman–Crippen MR) is 56.4 cm³/mol. The van der Waals surface area contributed by atoms with Gasteiger partial charge in [-0.1, -0.05) is 6.07 Å². The zero-order valence-electron chi connectivity index (χ0n) is 7.39. The average molecular weight is 228 g/mol. The van der Waals surface area contributed by atoms with E-state index in [2.05, 4.69) is 0 Å². The molecule has 74 valence electrons. The summed E-state index contributed by atoms with van der Waals surface area (Å²) in [6.07, 6.45) is 0. The molecule has 0 aliphatic rings. The van der Waals surface area contributed by atoms with E-state index in [-0.39, 0.29) is 4.90 Å². The molecule has 0 saturated heterocycles. The Morgan fingerprint density at radius 1 is 1.29 bits per heavy atom. The van der Waals surface area contributed by atoms with Gasteiger partial charge in [-0.3, -0.25) is 4.55 Å². The summed E-state index contributed by atoms with van der Waals surface area (Å²) in [6.45, 7) is 1.80. The van der Waals surface area contributed by atoms with E-state index in [1.54, 1.807) is 12.3 Å². The van der Waals surface area contributed by atoms with Gasteiger partial charge in [0.25, 0.3) is 10.1 Å². The maximum absolute atomic E-state index is 11.1. The van der Waals surface area contributed by atoms with Crippen molar-refractivity contribution >= 4 is 32.2 Å². The van der Waals surface area contributed by atoms with Crippen molar-refractivity contribution < 1.29 is 13.0 Å². The maximum Gasteiger partial charge on any atom is 0.295 e. The minimum absolute atomic E-state index is 0.00579. The van der Waals surface area contributed by atoms with Crippen LogP contribution < -0.4 is 0 Å². The van der Waals surface area contributed by atoms with Gasteiger partial charge >= 0.3 is 0 Å². The fraction of sp³-hybridized carbons (Fsp3) is 0.111. The highest BCUT2D eigenvalue weighted by Crippen LogP contribution is 2.27. The van der Waals surface area contributed by atoms with Crippen LogP contribution in [0.15, 0.2) is 27.8 Å². The van der Waals surface area contributed by atoms with Gasteiger partial charge < -0.3 is 0 Å². The summed E-state index contributed by atoms with van der Waals surface area (Å²) >= 11 is 1.42. The van der Waals surface area contributed by atoms with Crippen molar-refractivity contribution in [2.45, 2.75) is 11.8 Å². The monoisotopic (exact) mass is 228 g/mol. The SMILES string of the molecule is Cc1cc(S(=O)(=O)O)c2cscc2c1. The Morgan fingerprint density at radius 3 is 2.64 bits per heavy atom. The van der Waals surface area contributed by atoms with Crippen molar-refractivity contribution in [3.8, 4) is 0 Å². The second kappa shape index (κ2) is 3.05. The number of benzene rings is 1. The Kier molecular flexibility index (Phi) is 2.10. The third-order valence-corrected chi connectivity index (χ3v) is 3.63. The van der Waals surface area contributed by atoms with Crippen molar-refractivity contribution in [1.82, 2.24) is 0 Å². The second-order valence-electron chi connectivity index (χ2n) is 3.11. The third-order valence-electron chi connectivity index (χ3n) is 1.98. The molecule has 2 rings (SSSR count). The molecule has 3 nitrogen and oxygen atoms in total. The number of hydrogen-bond donors (Lipinski definition) is 1. The van der Waals surface area contributed by atoms with E-state index in [0.717, 1.165) is 10.9 Å². The van der Waals surface area contributed by atoms with Crippen LogP contribution in [0.4, 0.5) is 0 Å². The summed E-state index contributed by atoms with van der Waals surface area (Å²) < 4.78 is 31.1. The topological polar surface area (TPSA) is 54.4 Å². The first-order valence-electron chi connectivity index (χ1n) is 3.92. The summed E-state index contributed by atoms with van der Waals surface area (Å²) in [7, 11) is -4.12. The average Bonchev–Trinajstić information content (AvgIpc) is 2.47. The summed E-state index contributed by atoms with van der Waals surface area (Å²) in [5.74, 6) is 0. The summed E-state index contributed by atoms with van der Waals surface area (Å²) in [6, 6.07) is 3.37. The van der Waals surface area contributed by atoms with Crippen LogP contribution in [0.1, 0.15) is 5.56 Å². The molecule has 0 spiro atoms. The number of fused-ring (bicyclic) bond motifs is 1. The first-order valence-corrected chi connectivity index (χ1v) is 6.31. The van der Waals surface area contributed by atoms with Gasteiger partial charge in [0.05, 0.1) is 0 Å². The van der Waals surface area contributed by atoms with Crippen molar-refractivity contribution in [2.24, 2.45) is 0 Å².